The summed E-state index contributed by atoms with van der Waals surface area (Å²) in [5.74, 6) is -4.45. The summed E-state index contributed by atoms with van der Waals surface area (Å²) >= 11 is 0. The van der Waals surface area contributed by atoms with Crippen molar-refractivity contribution in [3.63, 3.8) is 0 Å². The van der Waals surface area contributed by atoms with Gasteiger partial charge in [0.15, 0.2) is 5.92 Å². The minimum Gasteiger partial charge on any atom is -0.550 e. The van der Waals surface area contributed by atoms with E-state index in [1.54, 1.807) is 31.2 Å². The third-order valence-electron chi connectivity index (χ3n) is 4.39. The fourth-order valence-corrected chi connectivity index (χ4v) is 2.77. The highest BCUT2D eigenvalue weighted by Gasteiger charge is 2.44. The Morgan fingerprint density at radius 1 is 1.00 bits per heavy atom. The van der Waals surface area contributed by atoms with Crippen LogP contribution in [0.25, 0.3) is 0 Å². The van der Waals surface area contributed by atoms with E-state index in [9.17, 15) is 29.1 Å². The van der Waals surface area contributed by atoms with Crippen molar-refractivity contribution in [1.29, 1.82) is 0 Å². The third-order valence-corrected chi connectivity index (χ3v) is 4.39. The number of para-hydroxylation sites is 2. The molecule has 0 aromatic heterocycles. The van der Waals surface area contributed by atoms with Crippen LogP contribution in [0.4, 0.5) is 16.2 Å². The van der Waals surface area contributed by atoms with Crippen molar-refractivity contribution in [1.82, 2.24) is 9.80 Å². The quantitative estimate of drug-likeness (QED) is 0.620. The van der Waals surface area contributed by atoms with Gasteiger partial charge in [-0.15, -0.1) is 0 Å². The zero-order chi connectivity index (χ0) is 21.7. The van der Waals surface area contributed by atoms with Crippen LogP contribution in [-0.2, 0) is 19.2 Å². The number of anilines is 2. The lowest BCUT2D eigenvalue weighted by Crippen LogP contribution is -2.57. The van der Waals surface area contributed by atoms with Gasteiger partial charge in [-0.05, 0) is 25.5 Å². The Morgan fingerprint density at radius 2 is 1.52 bits per heavy atom. The summed E-state index contributed by atoms with van der Waals surface area (Å²) in [6.07, 6.45) is 0.858. The van der Waals surface area contributed by atoms with Gasteiger partial charge in [-0.2, -0.15) is 0 Å². The van der Waals surface area contributed by atoms with Crippen LogP contribution in [0.5, 0.6) is 0 Å². The van der Waals surface area contributed by atoms with Crippen LogP contribution in [0.1, 0.15) is 19.8 Å². The summed E-state index contributed by atoms with van der Waals surface area (Å²) in [6.45, 7) is 1.63. The van der Waals surface area contributed by atoms with Crippen LogP contribution < -0.4 is 15.7 Å². The second-order valence-electron chi connectivity index (χ2n) is 6.34. The molecule has 5 amide bonds. The number of amides is 5. The number of carbonyl (C=O) groups is 5. The predicted molar refractivity (Wildman–Crippen MR) is 101 cm³/mol. The first-order valence-corrected chi connectivity index (χ1v) is 8.78. The summed E-state index contributed by atoms with van der Waals surface area (Å²) in [5, 5.41) is 16.1. The maximum absolute atomic E-state index is 12.5. The van der Waals surface area contributed by atoms with Crippen molar-refractivity contribution in [3.05, 3.63) is 36.0 Å². The molecule has 0 radical (unpaired) electrons. The molecule has 1 aromatic rings. The van der Waals surface area contributed by atoms with Crippen molar-refractivity contribution in [2.45, 2.75) is 19.8 Å². The highest BCUT2D eigenvalue weighted by molar-refractivity contribution is 6.17. The lowest BCUT2D eigenvalue weighted by atomic mass is 9.99. The third kappa shape index (κ3) is 4.78. The van der Waals surface area contributed by atoms with Crippen LogP contribution in [0.3, 0.4) is 0 Å². The molecular weight excluding hydrogens is 380 g/mol. The van der Waals surface area contributed by atoms with Gasteiger partial charge in [-0.3, -0.25) is 24.2 Å². The molecule has 1 saturated heterocycles. The normalized spacial score (nSPS) is 15.6. The molecule has 0 unspecified atom stereocenters. The second kappa shape index (κ2) is 9.00. The summed E-state index contributed by atoms with van der Waals surface area (Å²) in [4.78, 5) is 61.2. The molecule has 0 atom stereocenters. The predicted octanol–water partition coefficient (Wildman–Crippen LogP) is 0.138. The SMILES string of the molecule is C/C=C(\Nc1ccccc1NC(=O)CCC(=O)[O-])C1C(=O)N(C)C(=O)N(C)C1=O. The maximum Gasteiger partial charge on any atom is 0.332 e. The van der Waals surface area contributed by atoms with E-state index in [0.717, 1.165) is 9.80 Å². The van der Waals surface area contributed by atoms with E-state index in [0.29, 0.717) is 11.4 Å². The smallest absolute Gasteiger partial charge is 0.332 e. The highest BCUT2D eigenvalue weighted by Crippen LogP contribution is 2.28. The average Bonchev–Trinajstić information content (AvgIpc) is 2.69. The molecule has 154 valence electrons. The van der Waals surface area contributed by atoms with Crippen molar-refractivity contribution >= 4 is 41.1 Å². The van der Waals surface area contributed by atoms with Crippen LogP contribution >= 0.6 is 0 Å². The van der Waals surface area contributed by atoms with Crippen molar-refractivity contribution < 1.29 is 29.1 Å². The highest BCUT2D eigenvalue weighted by atomic mass is 16.4. The minimum absolute atomic E-state index is 0.239. The number of urea groups is 1. The van der Waals surface area contributed by atoms with Gasteiger partial charge in [0.25, 0.3) is 0 Å². The second-order valence-corrected chi connectivity index (χ2v) is 6.34. The Labute approximate surface area is 167 Å². The van der Waals surface area contributed by atoms with Crippen LogP contribution in [-0.4, -0.2) is 53.6 Å². The van der Waals surface area contributed by atoms with E-state index in [1.807, 2.05) is 0 Å². The Balaban J connectivity index is 2.25. The molecule has 10 heteroatoms. The monoisotopic (exact) mass is 401 g/mol. The van der Waals surface area contributed by atoms with E-state index in [2.05, 4.69) is 10.6 Å². The number of carboxylic acid groups (broad SMARTS) is 1. The van der Waals surface area contributed by atoms with E-state index in [1.165, 1.54) is 20.2 Å². The molecule has 1 aliphatic rings. The molecule has 1 aliphatic heterocycles. The molecule has 10 nitrogen and oxygen atoms in total. The van der Waals surface area contributed by atoms with E-state index < -0.39 is 42.1 Å². The fourth-order valence-electron chi connectivity index (χ4n) is 2.77. The Kier molecular flexibility index (Phi) is 6.71. The van der Waals surface area contributed by atoms with Gasteiger partial charge in [-0.1, -0.05) is 18.2 Å². The first kappa shape index (κ1) is 21.6. The van der Waals surface area contributed by atoms with Gasteiger partial charge < -0.3 is 20.5 Å². The summed E-state index contributed by atoms with van der Waals surface area (Å²) < 4.78 is 0. The Bertz CT molecular complexity index is 870. The number of imide groups is 2. The number of carboxylic acids is 1. The number of hydrogen-bond donors (Lipinski definition) is 2. The number of barbiturate groups is 1. The van der Waals surface area contributed by atoms with E-state index in [4.69, 9.17) is 0 Å². The Morgan fingerprint density at radius 3 is 2.00 bits per heavy atom. The van der Waals surface area contributed by atoms with Gasteiger partial charge in [0.05, 0.1) is 11.4 Å². The number of rotatable bonds is 7. The summed E-state index contributed by atoms with van der Waals surface area (Å²) in [7, 11) is 2.58. The van der Waals surface area contributed by atoms with Crippen LogP contribution in [0, 0.1) is 5.92 Å². The molecule has 0 aliphatic carbocycles. The zero-order valence-electron chi connectivity index (χ0n) is 16.2. The molecule has 0 saturated carbocycles. The number of allylic oxidation sites excluding steroid dienone is 1. The molecule has 2 N–H and O–H groups in total. The molecule has 1 heterocycles. The van der Waals surface area contributed by atoms with Crippen LogP contribution in [0.15, 0.2) is 36.0 Å². The first-order valence-electron chi connectivity index (χ1n) is 8.78. The minimum atomic E-state index is -1.33. The summed E-state index contributed by atoms with van der Waals surface area (Å²) in [5.41, 5.74) is 0.969. The number of benzene rings is 1. The van der Waals surface area contributed by atoms with E-state index in [-0.39, 0.29) is 12.1 Å². The standard InChI is InChI=1S/C19H22N4O6/c1-4-11(16-17(27)22(2)19(29)23(3)18(16)28)20-12-7-5-6-8-13(12)21-14(24)9-10-15(25)26/h4-8,16,20H,9-10H2,1-3H3,(H,21,24)(H,25,26)/p-1/b11-4-. The zero-order valence-corrected chi connectivity index (χ0v) is 16.2. The molecule has 1 aromatic carbocycles. The summed E-state index contributed by atoms with van der Waals surface area (Å²) in [6, 6.07) is 5.82. The van der Waals surface area contributed by atoms with Crippen LogP contribution in [0.2, 0.25) is 0 Å². The maximum atomic E-state index is 12.5. The van der Waals surface area contributed by atoms with Gasteiger partial charge in [0.2, 0.25) is 17.7 Å². The number of aliphatic carboxylic acids is 1. The number of nitrogens with zero attached hydrogens (tertiary/aromatic N) is 2. The Hall–Kier alpha value is -3.69. The fraction of sp³-hybridized carbons (Fsp3) is 0.316. The molecule has 0 spiro atoms. The van der Waals surface area contributed by atoms with Crippen molar-refractivity contribution in [2.75, 3.05) is 24.7 Å². The van der Waals surface area contributed by atoms with Gasteiger partial charge in [0, 0.05) is 32.2 Å². The molecule has 2 rings (SSSR count). The average molecular weight is 401 g/mol. The molecular formula is C19H21N4O6-. The number of carbonyl (C=O) groups excluding carboxylic acids is 5. The van der Waals surface area contributed by atoms with Gasteiger partial charge in [0.1, 0.15) is 0 Å². The van der Waals surface area contributed by atoms with Crippen molar-refractivity contribution in [2.24, 2.45) is 5.92 Å². The number of hydrogen-bond acceptors (Lipinski definition) is 7. The van der Waals surface area contributed by atoms with Crippen molar-refractivity contribution in [3.8, 4) is 0 Å². The molecule has 0 bridgehead atoms. The van der Waals surface area contributed by atoms with E-state index >= 15 is 0 Å². The topological polar surface area (TPSA) is 139 Å². The molecule has 1 fully saturated rings. The lowest BCUT2D eigenvalue weighted by molar-refractivity contribution is -0.305. The molecule has 29 heavy (non-hydrogen) atoms. The largest absolute Gasteiger partial charge is 0.550 e. The van der Waals surface area contributed by atoms with Gasteiger partial charge in [-0.25, -0.2) is 4.79 Å². The lowest BCUT2D eigenvalue weighted by Gasteiger charge is -2.34. The first-order chi connectivity index (χ1) is 13.7. The number of nitrogens with one attached hydrogen (secondary N) is 2. The van der Waals surface area contributed by atoms with Gasteiger partial charge >= 0.3 is 6.03 Å².